The minimum atomic E-state index is -0.666. The number of hydrogen-bond acceptors (Lipinski definition) is 5. The maximum Gasteiger partial charge on any atom is 0.346 e. The van der Waals surface area contributed by atoms with Gasteiger partial charge in [-0.15, -0.1) is 0 Å². The van der Waals surface area contributed by atoms with Crippen LogP contribution in [0.1, 0.15) is 29.8 Å². The van der Waals surface area contributed by atoms with Gasteiger partial charge in [-0.2, -0.15) is 0 Å². The fourth-order valence-corrected chi connectivity index (χ4v) is 2.67. The number of esters is 1. The van der Waals surface area contributed by atoms with Gasteiger partial charge in [-0.3, -0.25) is 4.79 Å². The van der Waals surface area contributed by atoms with Crippen molar-refractivity contribution >= 4 is 11.9 Å². The molecule has 0 N–H and O–H groups in total. The molecule has 2 aromatic rings. The summed E-state index contributed by atoms with van der Waals surface area (Å²) >= 11 is 0. The number of benzene rings is 2. The van der Waals surface area contributed by atoms with Crippen LogP contribution in [0.25, 0.3) is 0 Å². The Hall–Kier alpha value is -3.02. The lowest BCUT2D eigenvalue weighted by atomic mass is 10.1. The van der Waals surface area contributed by atoms with E-state index < -0.39 is 5.97 Å². The molecule has 0 atom stereocenters. The second-order valence-corrected chi connectivity index (χ2v) is 6.21. The number of rotatable bonds is 8. The van der Waals surface area contributed by atoms with Gasteiger partial charge in [-0.25, -0.2) is 4.79 Å². The third-order valence-electron chi connectivity index (χ3n) is 4.10. The third-order valence-corrected chi connectivity index (χ3v) is 4.10. The summed E-state index contributed by atoms with van der Waals surface area (Å²) in [7, 11) is 2.91. The summed E-state index contributed by atoms with van der Waals surface area (Å²) in [5.74, 6) is -0.272. The molecule has 0 bridgehead atoms. The zero-order valence-corrected chi connectivity index (χ0v) is 16.1. The lowest BCUT2D eigenvalue weighted by Gasteiger charge is -2.26. The second-order valence-electron chi connectivity index (χ2n) is 6.21. The zero-order chi connectivity index (χ0) is 19.8. The van der Waals surface area contributed by atoms with Gasteiger partial charge < -0.3 is 19.1 Å². The van der Waals surface area contributed by atoms with Crippen molar-refractivity contribution in [1.82, 2.24) is 4.90 Å². The number of hydrogen-bond donors (Lipinski definition) is 0. The van der Waals surface area contributed by atoms with E-state index in [2.05, 4.69) is 0 Å². The van der Waals surface area contributed by atoms with Crippen LogP contribution in [0.5, 0.6) is 11.5 Å². The molecule has 2 aromatic carbocycles. The number of ether oxygens (including phenoxy) is 3. The van der Waals surface area contributed by atoms with Gasteiger partial charge in [0.1, 0.15) is 17.1 Å². The third kappa shape index (κ3) is 5.23. The lowest BCUT2D eigenvalue weighted by molar-refractivity contribution is -0.136. The van der Waals surface area contributed by atoms with E-state index >= 15 is 0 Å². The van der Waals surface area contributed by atoms with E-state index in [0.717, 1.165) is 5.56 Å². The Kier molecular flexibility index (Phi) is 7.23. The molecule has 0 heterocycles. The van der Waals surface area contributed by atoms with Crippen LogP contribution in [0.3, 0.4) is 0 Å². The van der Waals surface area contributed by atoms with E-state index in [1.165, 1.54) is 14.2 Å². The standard InChI is InChI=1S/C21H25NO5/c1-15(2)22(13-16-9-6-5-7-10-16)19(23)14-27-21(24)20-17(25-3)11-8-12-18(20)26-4/h5-12,15H,13-14H2,1-4H3. The molecule has 0 saturated carbocycles. The number of amides is 1. The number of carbonyl (C=O) groups excluding carboxylic acids is 2. The fraction of sp³-hybridized carbons (Fsp3) is 0.333. The fourth-order valence-electron chi connectivity index (χ4n) is 2.67. The summed E-state index contributed by atoms with van der Waals surface area (Å²) < 4.78 is 15.7. The molecule has 1 amide bonds. The first-order valence-electron chi connectivity index (χ1n) is 8.69. The molecule has 0 unspecified atom stereocenters. The van der Waals surface area contributed by atoms with Gasteiger partial charge in [0.05, 0.1) is 14.2 Å². The van der Waals surface area contributed by atoms with Gasteiger partial charge >= 0.3 is 5.97 Å². The Labute approximate surface area is 159 Å². The highest BCUT2D eigenvalue weighted by Crippen LogP contribution is 2.28. The molecule has 2 rings (SSSR count). The molecule has 0 spiro atoms. The highest BCUT2D eigenvalue weighted by atomic mass is 16.5. The minimum Gasteiger partial charge on any atom is -0.496 e. The average Bonchev–Trinajstić information content (AvgIpc) is 2.69. The van der Waals surface area contributed by atoms with Crippen molar-refractivity contribution in [2.75, 3.05) is 20.8 Å². The Morgan fingerprint density at radius 2 is 1.52 bits per heavy atom. The van der Waals surface area contributed by atoms with E-state index in [4.69, 9.17) is 14.2 Å². The summed E-state index contributed by atoms with van der Waals surface area (Å²) in [6.07, 6.45) is 0. The topological polar surface area (TPSA) is 65.1 Å². The summed E-state index contributed by atoms with van der Waals surface area (Å²) in [6, 6.07) is 14.6. The molecule has 6 heteroatoms. The van der Waals surface area contributed by atoms with Crippen LogP contribution < -0.4 is 9.47 Å². The molecule has 6 nitrogen and oxygen atoms in total. The highest BCUT2D eigenvalue weighted by molar-refractivity contribution is 5.96. The first kappa shape index (κ1) is 20.3. The second kappa shape index (κ2) is 9.62. The molecule has 0 fully saturated rings. The predicted octanol–water partition coefficient (Wildman–Crippen LogP) is 3.30. The van der Waals surface area contributed by atoms with Crippen LogP contribution in [0.4, 0.5) is 0 Å². The van der Waals surface area contributed by atoms with Crippen molar-refractivity contribution in [1.29, 1.82) is 0 Å². The smallest absolute Gasteiger partial charge is 0.346 e. The molecule has 0 aliphatic heterocycles. The average molecular weight is 371 g/mol. The van der Waals surface area contributed by atoms with Crippen molar-refractivity contribution in [3.8, 4) is 11.5 Å². The summed E-state index contributed by atoms with van der Waals surface area (Å²) in [5.41, 5.74) is 1.17. The van der Waals surface area contributed by atoms with Crippen molar-refractivity contribution in [2.45, 2.75) is 26.4 Å². The molecule has 0 aromatic heterocycles. The van der Waals surface area contributed by atoms with Gasteiger partial charge in [0, 0.05) is 12.6 Å². The van der Waals surface area contributed by atoms with Crippen molar-refractivity contribution in [3.05, 3.63) is 59.7 Å². The Morgan fingerprint density at radius 1 is 0.926 bits per heavy atom. The molecule has 0 aliphatic rings. The number of nitrogens with zero attached hydrogens (tertiary/aromatic N) is 1. The minimum absolute atomic E-state index is 0.0304. The Morgan fingerprint density at radius 3 is 2.04 bits per heavy atom. The van der Waals surface area contributed by atoms with Crippen LogP contribution in [0, 0.1) is 0 Å². The van der Waals surface area contributed by atoms with Gasteiger partial charge in [-0.05, 0) is 31.5 Å². The molecule has 0 saturated heterocycles. The predicted molar refractivity (Wildman–Crippen MR) is 102 cm³/mol. The van der Waals surface area contributed by atoms with Crippen LogP contribution in [0.2, 0.25) is 0 Å². The summed E-state index contributed by atoms with van der Waals surface area (Å²) in [6.45, 7) is 3.94. The zero-order valence-electron chi connectivity index (χ0n) is 16.1. The van der Waals surface area contributed by atoms with E-state index in [0.29, 0.717) is 18.0 Å². The first-order chi connectivity index (χ1) is 13.0. The number of methoxy groups -OCH3 is 2. The normalized spacial score (nSPS) is 10.4. The maximum absolute atomic E-state index is 12.6. The van der Waals surface area contributed by atoms with Crippen LogP contribution in [-0.2, 0) is 16.1 Å². The monoisotopic (exact) mass is 371 g/mol. The molecule has 27 heavy (non-hydrogen) atoms. The summed E-state index contributed by atoms with van der Waals surface area (Å²) in [4.78, 5) is 26.8. The molecular formula is C21H25NO5. The van der Waals surface area contributed by atoms with Crippen LogP contribution >= 0.6 is 0 Å². The van der Waals surface area contributed by atoms with Gasteiger partial charge in [0.2, 0.25) is 0 Å². The molecule has 0 radical (unpaired) electrons. The van der Waals surface area contributed by atoms with E-state index in [9.17, 15) is 9.59 Å². The van der Waals surface area contributed by atoms with Crippen molar-refractivity contribution in [3.63, 3.8) is 0 Å². The molecule has 144 valence electrons. The van der Waals surface area contributed by atoms with Crippen molar-refractivity contribution in [2.24, 2.45) is 0 Å². The Balaban J connectivity index is 2.08. The molecular weight excluding hydrogens is 346 g/mol. The van der Waals surface area contributed by atoms with Gasteiger partial charge in [0.15, 0.2) is 6.61 Å². The van der Waals surface area contributed by atoms with E-state index in [1.54, 1.807) is 23.1 Å². The quantitative estimate of drug-likeness (QED) is 0.666. The van der Waals surface area contributed by atoms with E-state index in [-0.39, 0.29) is 24.1 Å². The lowest BCUT2D eigenvalue weighted by Crippen LogP contribution is -2.39. The maximum atomic E-state index is 12.6. The largest absolute Gasteiger partial charge is 0.496 e. The van der Waals surface area contributed by atoms with Crippen LogP contribution in [0.15, 0.2) is 48.5 Å². The van der Waals surface area contributed by atoms with Crippen LogP contribution in [-0.4, -0.2) is 43.6 Å². The van der Waals surface area contributed by atoms with Crippen molar-refractivity contribution < 1.29 is 23.8 Å². The SMILES string of the molecule is COc1cccc(OC)c1C(=O)OCC(=O)N(Cc1ccccc1)C(C)C. The van der Waals surface area contributed by atoms with E-state index in [1.807, 2.05) is 44.2 Å². The highest BCUT2D eigenvalue weighted by Gasteiger charge is 2.23. The van der Waals surface area contributed by atoms with Gasteiger partial charge in [-0.1, -0.05) is 36.4 Å². The molecule has 0 aliphatic carbocycles. The van der Waals surface area contributed by atoms with Gasteiger partial charge in [0.25, 0.3) is 5.91 Å². The number of carbonyl (C=O) groups is 2. The first-order valence-corrected chi connectivity index (χ1v) is 8.69. The summed E-state index contributed by atoms with van der Waals surface area (Å²) in [5, 5.41) is 0. The Bertz CT molecular complexity index is 751.